The predicted molar refractivity (Wildman–Crippen MR) is 120 cm³/mol. The van der Waals surface area contributed by atoms with Crippen molar-refractivity contribution >= 4 is 23.4 Å². The zero-order valence-electron chi connectivity index (χ0n) is 18.1. The van der Waals surface area contributed by atoms with Gasteiger partial charge in [0.15, 0.2) is 4.80 Å². The van der Waals surface area contributed by atoms with Gasteiger partial charge in [-0.25, -0.2) is 14.2 Å². The lowest BCUT2D eigenvalue weighted by Crippen LogP contribution is -2.39. The smallest absolute Gasteiger partial charge is 0.387 e. The first-order chi connectivity index (χ1) is 16.3. The zero-order chi connectivity index (χ0) is 24.4. The van der Waals surface area contributed by atoms with E-state index in [-0.39, 0.29) is 28.0 Å². The summed E-state index contributed by atoms with van der Waals surface area (Å²) in [6.45, 7) is 0.390. The Labute approximate surface area is 195 Å². The molecule has 4 rings (SSSR count). The number of hydrogen-bond donors (Lipinski definition) is 0. The summed E-state index contributed by atoms with van der Waals surface area (Å²) in [5.74, 6) is -1.19. The molecule has 0 radical (unpaired) electrons. The van der Waals surface area contributed by atoms with Crippen LogP contribution in [0, 0.1) is 5.82 Å². The second kappa shape index (κ2) is 9.68. The van der Waals surface area contributed by atoms with E-state index in [0.717, 1.165) is 11.3 Å². The van der Waals surface area contributed by atoms with Gasteiger partial charge in [-0.2, -0.15) is 8.78 Å². The highest BCUT2D eigenvalue weighted by atomic mass is 32.1. The van der Waals surface area contributed by atoms with E-state index in [4.69, 9.17) is 4.74 Å². The Hall–Kier alpha value is -3.66. The number of rotatable bonds is 6. The number of carbonyl (C=O) groups excluding carboxylic acids is 1. The summed E-state index contributed by atoms with van der Waals surface area (Å²) in [7, 11) is 0. The SMILES string of the molecule is CCOC(=O)C1=C(C)N=c2s/c(=C\c3ccccc3OC(F)F)c(=O)n2[C@@H]1c1ccc(F)cc1. The third-order valence-electron chi connectivity index (χ3n) is 5.12. The number of benzene rings is 2. The number of hydrogen-bond acceptors (Lipinski definition) is 6. The van der Waals surface area contributed by atoms with E-state index in [2.05, 4.69) is 9.73 Å². The zero-order valence-corrected chi connectivity index (χ0v) is 18.9. The van der Waals surface area contributed by atoms with Crippen LogP contribution in [0.1, 0.15) is 31.0 Å². The minimum atomic E-state index is -3.02. The molecule has 1 aliphatic heterocycles. The van der Waals surface area contributed by atoms with Gasteiger partial charge in [0, 0.05) is 5.56 Å². The summed E-state index contributed by atoms with van der Waals surface area (Å²) in [6.07, 6.45) is 1.44. The van der Waals surface area contributed by atoms with Crippen molar-refractivity contribution in [3.05, 3.63) is 96.4 Å². The molecule has 0 amide bonds. The van der Waals surface area contributed by atoms with Crippen LogP contribution in [-0.2, 0) is 9.53 Å². The number of fused-ring (bicyclic) bond motifs is 1. The van der Waals surface area contributed by atoms with Crippen LogP contribution in [0.25, 0.3) is 6.08 Å². The topological polar surface area (TPSA) is 69.9 Å². The van der Waals surface area contributed by atoms with Gasteiger partial charge in [-0.3, -0.25) is 9.36 Å². The van der Waals surface area contributed by atoms with Gasteiger partial charge < -0.3 is 9.47 Å². The number of ether oxygens (including phenoxy) is 2. The first-order valence-corrected chi connectivity index (χ1v) is 11.1. The number of thiazole rings is 1. The van der Waals surface area contributed by atoms with Crippen molar-refractivity contribution < 1.29 is 27.4 Å². The van der Waals surface area contributed by atoms with E-state index in [1.807, 2.05) is 0 Å². The van der Waals surface area contributed by atoms with Crippen LogP contribution in [0.3, 0.4) is 0 Å². The van der Waals surface area contributed by atoms with E-state index < -0.39 is 30.0 Å². The first-order valence-electron chi connectivity index (χ1n) is 10.3. The van der Waals surface area contributed by atoms with E-state index in [1.165, 1.54) is 41.0 Å². The van der Waals surface area contributed by atoms with Crippen molar-refractivity contribution in [1.82, 2.24) is 4.57 Å². The van der Waals surface area contributed by atoms with E-state index in [9.17, 15) is 22.8 Å². The highest BCUT2D eigenvalue weighted by Crippen LogP contribution is 2.31. The molecule has 0 unspecified atom stereocenters. The molecule has 3 aromatic rings. The first kappa shape index (κ1) is 23.5. The molecule has 10 heteroatoms. The number of alkyl halides is 2. The fourth-order valence-electron chi connectivity index (χ4n) is 3.70. The van der Waals surface area contributed by atoms with Crippen molar-refractivity contribution in [2.24, 2.45) is 4.99 Å². The molecule has 0 bridgehead atoms. The number of nitrogens with zero attached hydrogens (tertiary/aromatic N) is 2. The molecule has 1 atom stereocenters. The standard InChI is InChI=1S/C24H19F3N2O4S/c1-3-32-22(31)19-13(2)28-24-29(20(19)14-8-10-16(25)11-9-14)21(30)18(34-24)12-15-6-4-5-7-17(15)33-23(26)27/h4-12,20,23H,3H2,1-2H3/b18-12-/t20-/m1/s1. The Balaban J connectivity index is 1.93. The maximum Gasteiger partial charge on any atom is 0.387 e. The molecule has 0 saturated carbocycles. The summed E-state index contributed by atoms with van der Waals surface area (Å²) in [4.78, 5) is 31.0. The van der Waals surface area contributed by atoms with Gasteiger partial charge in [0.2, 0.25) is 0 Å². The highest BCUT2D eigenvalue weighted by molar-refractivity contribution is 7.07. The molecule has 2 heterocycles. The minimum Gasteiger partial charge on any atom is -0.463 e. The van der Waals surface area contributed by atoms with Crippen LogP contribution in [-0.4, -0.2) is 23.8 Å². The Morgan fingerprint density at radius 3 is 2.59 bits per heavy atom. The lowest BCUT2D eigenvalue weighted by Gasteiger charge is -2.24. The minimum absolute atomic E-state index is 0.0817. The van der Waals surface area contributed by atoms with E-state index >= 15 is 0 Å². The molecule has 1 aliphatic rings. The molecular weight excluding hydrogens is 469 g/mol. The molecule has 0 fully saturated rings. The summed E-state index contributed by atoms with van der Waals surface area (Å²) in [6, 6.07) is 10.6. The van der Waals surface area contributed by atoms with Crippen molar-refractivity contribution in [2.75, 3.05) is 6.61 Å². The van der Waals surface area contributed by atoms with Crippen LogP contribution in [0.5, 0.6) is 5.75 Å². The summed E-state index contributed by atoms with van der Waals surface area (Å²) >= 11 is 1.04. The predicted octanol–water partition coefficient (Wildman–Crippen LogP) is 3.54. The van der Waals surface area contributed by atoms with E-state index in [0.29, 0.717) is 16.1 Å². The number of allylic oxidation sites excluding steroid dienone is 1. The Morgan fingerprint density at radius 1 is 1.21 bits per heavy atom. The summed E-state index contributed by atoms with van der Waals surface area (Å²) in [5, 5.41) is 0. The molecule has 1 aromatic heterocycles. The van der Waals surface area contributed by atoms with Gasteiger partial charge >= 0.3 is 12.6 Å². The molecule has 6 nitrogen and oxygen atoms in total. The molecule has 0 spiro atoms. The van der Waals surface area contributed by atoms with Gasteiger partial charge in [0.25, 0.3) is 5.56 Å². The number of para-hydroxylation sites is 1. The third-order valence-corrected chi connectivity index (χ3v) is 6.11. The molecule has 176 valence electrons. The van der Waals surface area contributed by atoms with Crippen LogP contribution in [0.4, 0.5) is 13.2 Å². The third kappa shape index (κ3) is 4.54. The second-order valence-electron chi connectivity index (χ2n) is 7.27. The van der Waals surface area contributed by atoms with E-state index in [1.54, 1.807) is 32.0 Å². The van der Waals surface area contributed by atoms with Crippen LogP contribution >= 0.6 is 11.3 Å². The van der Waals surface area contributed by atoms with Crippen molar-refractivity contribution in [1.29, 1.82) is 0 Å². The van der Waals surface area contributed by atoms with Gasteiger partial charge in [-0.15, -0.1) is 0 Å². The average molecular weight is 488 g/mol. The molecule has 34 heavy (non-hydrogen) atoms. The normalized spacial score (nSPS) is 15.8. The molecule has 0 saturated heterocycles. The number of halogens is 3. The van der Waals surface area contributed by atoms with Gasteiger partial charge in [0.05, 0.1) is 28.5 Å². The van der Waals surface area contributed by atoms with Crippen LogP contribution in [0.15, 0.2) is 69.6 Å². The second-order valence-corrected chi connectivity index (χ2v) is 8.28. The Kier molecular flexibility index (Phi) is 6.69. The maximum absolute atomic E-state index is 13.6. The van der Waals surface area contributed by atoms with Crippen molar-refractivity contribution in [3.8, 4) is 5.75 Å². The monoisotopic (exact) mass is 488 g/mol. The Morgan fingerprint density at radius 2 is 1.91 bits per heavy atom. The Bertz CT molecular complexity index is 1440. The maximum atomic E-state index is 13.6. The quantitative estimate of drug-likeness (QED) is 0.498. The number of carbonyl (C=O) groups is 1. The highest BCUT2D eigenvalue weighted by Gasteiger charge is 2.33. The molecule has 2 aromatic carbocycles. The average Bonchev–Trinajstić information content (AvgIpc) is 3.09. The number of aromatic nitrogens is 1. The summed E-state index contributed by atoms with van der Waals surface area (Å²) in [5.41, 5.74) is 0.815. The van der Waals surface area contributed by atoms with Gasteiger partial charge in [-0.05, 0) is 43.7 Å². The molecular formula is C24H19F3N2O4S. The van der Waals surface area contributed by atoms with Crippen LogP contribution in [0.2, 0.25) is 0 Å². The number of esters is 1. The molecule has 0 aliphatic carbocycles. The largest absolute Gasteiger partial charge is 0.463 e. The lowest BCUT2D eigenvalue weighted by molar-refractivity contribution is -0.139. The van der Waals surface area contributed by atoms with Gasteiger partial charge in [0.1, 0.15) is 11.6 Å². The van der Waals surface area contributed by atoms with Gasteiger partial charge in [-0.1, -0.05) is 41.7 Å². The molecule has 0 N–H and O–H groups in total. The fraction of sp³-hybridized carbons (Fsp3) is 0.208. The van der Waals surface area contributed by atoms with Crippen LogP contribution < -0.4 is 19.6 Å². The lowest BCUT2D eigenvalue weighted by atomic mass is 9.96. The fourth-order valence-corrected chi connectivity index (χ4v) is 4.73. The summed E-state index contributed by atoms with van der Waals surface area (Å²) < 4.78 is 50.5. The van der Waals surface area contributed by atoms with Crippen molar-refractivity contribution in [3.63, 3.8) is 0 Å². The van der Waals surface area contributed by atoms with Crippen molar-refractivity contribution in [2.45, 2.75) is 26.5 Å².